The highest BCUT2D eigenvalue weighted by atomic mass is 32.1. The molecule has 21 heavy (non-hydrogen) atoms. The maximum atomic E-state index is 6.38. The van der Waals surface area contributed by atoms with Gasteiger partial charge in [-0.05, 0) is 65.8 Å². The smallest absolute Gasteiger partial charge is 0.0345 e. The van der Waals surface area contributed by atoms with Gasteiger partial charge in [0, 0.05) is 24.7 Å². The van der Waals surface area contributed by atoms with E-state index in [0.29, 0.717) is 5.41 Å². The molecule has 0 aliphatic heterocycles. The molecule has 2 nitrogen and oxygen atoms in total. The van der Waals surface area contributed by atoms with Gasteiger partial charge in [-0.25, -0.2) is 0 Å². The topological polar surface area (TPSA) is 29.3 Å². The van der Waals surface area contributed by atoms with Crippen LogP contribution >= 0.6 is 11.3 Å². The highest BCUT2D eigenvalue weighted by Gasteiger charge is 2.49. The van der Waals surface area contributed by atoms with E-state index in [2.05, 4.69) is 42.5 Å². The monoisotopic (exact) mass is 306 g/mol. The molecule has 0 spiro atoms. The summed E-state index contributed by atoms with van der Waals surface area (Å²) in [5.74, 6) is 0.779. The number of rotatable bonds is 5. The first-order valence-electron chi connectivity index (χ1n) is 8.42. The van der Waals surface area contributed by atoms with Crippen LogP contribution in [0.2, 0.25) is 0 Å². The van der Waals surface area contributed by atoms with Crippen LogP contribution in [0.4, 0.5) is 0 Å². The van der Waals surface area contributed by atoms with E-state index in [0.717, 1.165) is 25.0 Å². The Morgan fingerprint density at radius 3 is 2.62 bits per heavy atom. The second kappa shape index (κ2) is 5.68. The van der Waals surface area contributed by atoms with E-state index in [1.807, 2.05) is 11.3 Å². The first-order chi connectivity index (χ1) is 9.94. The van der Waals surface area contributed by atoms with Crippen molar-refractivity contribution in [3.05, 3.63) is 22.4 Å². The van der Waals surface area contributed by atoms with Gasteiger partial charge in [0.15, 0.2) is 0 Å². The van der Waals surface area contributed by atoms with Gasteiger partial charge in [0.25, 0.3) is 0 Å². The molecule has 2 unspecified atom stereocenters. The molecule has 2 atom stereocenters. The summed E-state index contributed by atoms with van der Waals surface area (Å²) < 4.78 is 0. The molecule has 3 rings (SSSR count). The van der Waals surface area contributed by atoms with Crippen molar-refractivity contribution in [3.8, 4) is 0 Å². The van der Waals surface area contributed by atoms with Crippen molar-refractivity contribution >= 4 is 11.3 Å². The molecular formula is C18H30N2S. The Hall–Kier alpha value is -0.380. The first kappa shape index (κ1) is 15.5. The minimum absolute atomic E-state index is 0.213. The summed E-state index contributed by atoms with van der Waals surface area (Å²) in [4.78, 5) is 2.78. The van der Waals surface area contributed by atoms with E-state index >= 15 is 0 Å². The summed E-state index contributed by atoms with van der Waals surface area (Å²) in [6.45, 7) is 9.18. The van der Waals surface area contributed by atoms with Crippen LogP contribution in [0, 0.1) is 11.3 Å². The lowest BCUT2D eigenvalue weighted by Crippen LogP contribution is -2.59. The molecule has 0 amide bonds. The number of nitrogens with two attached hydrogens (primary N) is 1. The summed E-state index contributed by atoms with van der Waals surface area (Å²) in [6, 6.07) is 3.05. The third-order valence-corrected chi connectivity index (χ3v) is 6.08. The molecule has 3 heteroatoms. The van der Waals surface area contributed by atoms with Crippen LogP contribution in [-0.2, 0) is 6.54 Å². The maximum absolute atomic E-state index is 6.38. The van der Waals surface area contributed by atoms with E-state index in [-0.39, 0.29) is 5.54 Å². The quantitative estimate of drug-likeness (QED) is 0.881. The molecule has 1 heterocycles. The van der Waals surface area contributed by atoms with E-state index in [1.165, 1.54) is 37.7 Å². The maximum Gasteiger partial charge on any atom is 0.0345 e. The van der Waals surface area contributed by atoms with E-state index in [4.69, 9.17) is 5.73 Å². The molecule has 2 aliphatic carbocycles. The van der Waals surface area contributed by atoms with Crippen LogP contribution in [0.25, 0.3) is 0 Å². The average molecular weight is 307 g/mol. The van der Waals surface area contributed by atoms with Crippen molar-refractivity contribution in [1.82, 2.24) is 4.90 Å². The van der Waals surface area contributed by atoms with Crippen LogP contribution < -0.4 is 5.73 Å². The molecule has 1 aromatic rings. The highest BCUT2D eigenvalue weighted by molar-refractivity contribution is 7.07. The van der Waals surface area contributed by atoms with Gasteiger partial charge in [-0.15, -0.1) is 0 Å². The zero-order chi connectivity index (χ0) is 15.1. The highest BCUT2D eigenvalue weighted by Crippen LogP contribution is 2.49. The number of hydrogen-bond acceptors (Lipinski definition) is 3. The summed E-state index contributed by atoms with van der Waals surface area (Å²) in [5.41, 5.74) is 8.47. The van der Waals surface area contributed by atoms with Crippen molar-refractivity contribution in [2.45, 2.75) is 71.0 Å². The van der Waals surface area contributed by atoms with Gasteiger partial charge in [-0.3, -0.25) is 4.90 Å². The fourth-order valence-corrected chi connectivity index (χ4v) is 5.50. The Labute approximate surface area is 133 Å². The predicted molar refractivity (Wildman–Crippen MR) is 91.5 cm³/mol. The lowest BCUT2D eigenvalue weighted by atomic mass is 9.63. The molecule has 0 aromatic carbocycles. The molecule has 2 N–H and O–H groups in total. The van der Waals surface area contributed by atoms with Crippen LogP contribution in [-0.4, -0.2) is 23.0 Å². The average Bonchev–Trinajstić information content (AvgIpc) is 3.10. The third kappa shape index (κ3) is 3.35. The van der Waals surface area contributed by atoms with Gasteiger partial charge in [-0.2, -0.15) is 11.3 Å². The van der Waals surface area contributed by atoms with Crippen molar-refractivity contribution in [2.75, 3.05) is 6.54 Å². The fraction of sp³-hybridized carbons (Fsp3) is 0.778. The Kier molecular flexibility index (Phi) is 4.19. The summed E-state index contributed by atoms with van der Waals surface area (Å²) >= 11 is 1.81. The molecule has 0 saturated heterocycles. The Bertz CT molecular complexity index is 464. The van der Waals surface area contributed by atoms with Gasteiger partial charge < -0.3 is 5.73 Å². The molecule has 2 saturated carbocycles. The number of hydrogen-bond donors (Lipinski definition) is 1. The Balaban J connectivity index is 1.87. The molecule has 2 fully saturated rings. The third-order valence-electron chi connectivity index (χ3n) is 5.35. The van der Waals surface area contributed by atoms with Gasteiger partial charge >= 0.3 is 0 Å². The van der Waals surface area contributed by atoms with Gasteiger partial charge in [0.1, 0.15) is 0 Å². The Morgan fingerprint density at radius 1 is 1.33 bits per heavy atom. The zero-order valence-electron chi connectivity index (χ0n) is 13.8. The zero-order valence-corrected chi connectivity index (χ0v) is 14.6. The first-order valence-corrected chi connectivity index (χ1v) is 9.36. The standard InChI is InChI=1S/C18H30N2S/c1-14-8-17(2,3)12-18(9-14,13-19)20(16-4-5-16)10-15-6-7-21-11-15/h6-7,11,14,16H,4-5,8-10,12-13,19H2,1-3H3. The van der Waals surface area contributed by atoms with Gasteiger partial charge in [-0.1, -0.05) is 20.8 Å². The van der Waals surface area contributed by atoms with E-state index in [9.17, 15) is 0 Å². The van der Waals surface area contributed by atoms with Crippen molar-refractivity contribution in [1.29, 1.82) is 0 Å². The predicted octanol–water partition coefficient (Wildman–Crippen LogP) is 4.26. The van der Waals surface area contributed by atoms with Crippen LogP contribution in [0.15, 0.2) is 16.8 Å². The molecule has 1 aromatic heterocycles. The van der Waals surface area contributed by atoms with Gasteiger partial charge in [0.05, 0.1) is 0 Å². The largest absolute Gasteiger partial charge is 0.329 e. The van der Waals surface area contributed by atoms with Crippen molar-refractivity contribution in [2.24, 2.45) is 17.1 Å². The minimum atomic E-state index is 0.213. The van der Waals surface area contributed by atoms with Crippen LogP contribution in [0.5, 0.6) is 0 Å². The normalized spacial score (nSPS) is 32.5. The molecule has 0 bridgehead atoms. The second-order valence-electron chi connectivity index (χ2n) is 8.27. The van der Waals surface area contributed by atoms with Crippen molar-refractivity contribution < 1.29 is 0 Å². The van der Waals surface area contributed by atoms with E-state index in [1.54, 1.807) is 0 Å². The molecule has 0 radical (unpaired) electrons. The molecular weight excluding hydrogens is 276 g/mol. The van der Waals surface area contributed by atoms with Crippen LogP contribution in [0.3, 0.4) is 0 Å². The summed E-state index contributed by atoms with van der Waals surface area (Å²) in [7, 11) is 0. The lowest BCUT2D eigenvalue weighted by molar-refractivity contribution is -0.0222. The number of nitrogens with zero attached hydrogens (tertiary/aromatic N) is 1. The Morgan fingerprint density at radius 2 is 2.10 bits per heavy atom. The molecule has 118 valence electrons. The number of thiophene rings is 1. The fourth-order valence-electron chi connectivity index (χ4n) is 4.84. The summed E-state index contributed by atoms with van der Waals surface area (Å²) in [6.07, 6.45) is 6.59. The van der Waals surface area contributed by atoms with Crippen LogP contribution in [0.1, 0.15) is 58.4 Å². The van der Waals surface area contributed by atoms with E-state index < -0.39 is 0 Å². The lowest BCUT2D eigenvalue weighted by Gasteiger charge is -2.53. The minimum Gasteiger partial charge on any atom is -0.329 e. The van der Waals surface area contributed by atoms with Crippen molar-refractivity contribution in [3.63, 3.8) is 0 Å². The SMILES string of the molecule is CC1CC(C)(C)CC(CN)(N(Cc2ccsc2)C2CC2)C1. The summed E-state index contributed by atoms with van der Waals surface area (Å²) in [5, 5.41) is 4.50. The second-order valence-corrected chi connectivity index (χ2v) is 9.05. The van der Waals surface area contributed by atoms with Gasteiger partial charge in [0.2, 0.25) is 0 Å². The molecule has 2 aliphatic rings.